The number of piperidine rings is 1. The largest absolute Gasteiger partial charge is 0.316 e. The molecule has 0 aromatic carbocycles. The Labute approximate surface area is 111 Å². The molecule has 1 saturated heterocycles. The topological polar surface area (TPSA) is 28.2 Å². The molecule has 2 rings (SSSR count). The first-order valence-electron chi connectivity index (χ1n) is 7.01. The van der Waals surface area contributed by atoms with E-state index in [9.17, 15) is 0 Å². The van der Waals surface area contributed by atoms with Gasteiger partial charge in [-0.15, -0.1) is 0 Å². The van der Waals surface area contributed by atoms with Gasteiger partial charge in [0.25, 0.3) is 0 Å². The van der Waals surface area contributed by atoms with Gasteiger partial charge in [0.05, 0.1) is 5.69 Å². The molecule has 0 aliphatic carbocycles. The third kappa shape index (κ3) is 3.53. The zero-order valence-corrected chi connectivity index (χ0v) is 11.8. The Balaban J connectivity index is 1.92. The molecule has 1 aromatic heterocycles. The zero-order valence-electron chi connectivity index (χ0n) is 11.8. The Kier molecular flexibility index (Phi) is 4.72. The van der Waals surface area contributed by atoms with E-state index < -0.39 is 0 Å². The van der Waals surface area contributed by atoms with E-state index >= 15 is 0 Å². The Morgan fingerprint density at radius 1 is 1.39 bits per heavy atom. The monoisotopic (exact) mass is 247 g/mol. The summed E-state index contributed by atoms with van der Waals surface area (Å²) in [6.07, 6.45) is 4.63. The molecule has 1 aliphatic heterocycles. The van der Waals surface area contributed by atoms with Gasteiger partial charge in [0.1, 0.15) is 0 Å². The lowest BCUT2D eigenvalue weighted by Crippen LogP contribution is -2.39. The van der Waals surface area contributed by atoms with Gasteiger partial charge in [-0.3, -0.25) is 9.88 Å². The van der Waals surface area contributed by atoms with Crippen LogP contribution in [0.15, 0.2) is 18.3 Å². The van der Waals surface area contributed by atoms with Gasteiger partial charge < -0.3 is 5.32 Å². The molecule has 2 heterocycles. The lowest BCUT2D eigenvalue weighted by Gasteiger charge is -2.36. The minimum atomic E-state index is 0.688. The van der Waals surface area contributed by atoms with E-state index in [2.05, 4.69) is 41.2 Å². The number of pyridine rings is 1. The maximum Gasteiger partial charge on any atom is 0.0544 e. The Morgan fingerprint density at radius 2 is 2.22 bits per heavy atom. The summed E-state index contributed by atoms with van der Waals surface area (Å²) >= 11 is 0. The van der Waals surface area contributed by atoms with E-state index in [0.29, 0.717) is 6.04 Å². The van der Waals surface area contributed by atoms with E-state index in [1.165, 1.54) is 30.6 Å². The second kappa shape index (κ2) is 6.30. The molecule has 0 amide bonds. The van der Waals surface area contributed by atoms with Crippen LogP contribution in [0.2, 0.25) is 0 Å². The smallest absolute Gasteiger partial charge is 0.0544 e. The summed E-state index contributed by atoms with van der Waals surface area (Å²) in [6, 6.07) is 5.03. The summed E-state index contributed by atoms with van der Waals surface area (Å²) in [5, 5.41) is 3.15. The number of nitrogens with zero attached hydrogens (tertiary/aromatic N) is 2. The molecule has 1 fully saturated rings. The lowest BCUT2D eigenvalue weighted by atomic mass is 9.93. The average Bonchev–Trinajstić information content (AvgIpc) is 2.35. The molecule has 100 valence electrons. The number of nitrogens with one attached hydrogen (secondary N) is 1. The molecule has 1 aromatic rings. The fraction of sp³-hybridized carbons (Fsp3) is 0.667. The van der Waals surface area contributed by atoms with E-state index in [-0.39, 0.29) is 0 Å². The third-order valence-corrected chi connectivity index (χ3v) is 3.91. The minimum absolute atomic E-state index is 0.688. The average molecular weight is 247 g/mol. The number of hydrogen-bond acceptors (Lipinski definition) is 3. The standard InChI is InChI=1S/C15H25N3/c1-12-6-7-18(13(2)8-12)11-15-5-4-14(9-16-3)10-17-15/h4-5,10,12-13,16H,6-9,11H2,1-3H3. The molecule has 1 aliphatic rings. The number of rotatable bonds is 4. The van der Waals surface area contributed by atoms with Crippen LogP contribution in [-0.4, -0.2) is 29.5 Å². The van der Waals surface area contributed by atoms with Gasteiger partial charge in [0, 0.05) is 25.3 Å². The van der Waals surface area contributed by atoms with E-state index in [1.54, 1.807) is 0 Å². The first-order chi connectivity index (χ1) is 8.69. The van der Waals surface area contributed by atoms with Crippen molar-refractivity contribution >= 4 is 0 Å². The highest BCUT2D eigenvalue weighted by Crippen LogP contribution is 2.23. The molecular formula is C15H25N3. The van der Waals surface area contributed by atoms with Crippen LogP contribution in [0.4, 0.5) is 0 Å². The van der Waals surface area contributed by atoms with Crippen molar-refractivity contribution in [3.8, 4) is 0 Å². The molecule has 1 N–H and O–H groups in total. The van der Waals surface area contributed by atoms with Crippen LogP contribution in [0.25, 0.3) is 0 Å². The Hall–Kier alpha value is -0.930. The maximum absolute atomic E-state index is 4.56. The van der Waals surface area contributed by atoms with Crippen molar-refractivity contribution in [1.82, 2.24) is 15.2 Å². The molecule has 0 saturated carbocycles. The van der Waals surface area contributed by atoms with Gasteiger partial charge in [-0.2, -0.15) is 0 Å². The third-order valence-electron chi connectivity index (χ3n) is 3.91. The fourth-order valence-electron chi connectivity index (χ4n) is 2.76. The van der Waals surface area contributed by atoms with Crippen LogP contribution in [0, 0.1) is 5.92 Å². The van der Waals surface area contributed by atoms with Crippen molar-refractivity contribution in [3.05, 3.63) is 29.6 Å². The van der Waals surface area contributed by atoms with Gasteiger partial charge >= 0.3 is 0 Å². The quantitative estimate of drug-likeness (QED) is 0.885. The van der Waals surface area contributed by atoms with Crippen molar-refractivity contribution in [2.24, 2.45) is 5.92 Å². The van der Waals surface area contributed by atoms with Crippen LogP contribution in [0.1, 0.15) is 37.9 Å². The molecule has 3 nitrogen and oxygen atoms in total. The summed E-state index contributed by atoms with van der Waals surface area (Å²) < 4.78 is 0. The predicted octanol–water partition coefficient (Wildman–Crippen LogP) is 2.42. The lowest BCUT2D eigenvalue weighted by molar-refractivity contribution is 0.120. The van der Waals surface area contributed by atoms with Gasteiger partial charge in [-0.1, -0.05) is 13.0 Å². The first kappa shape index (κ1) is 13.5. The first-order valence-corrected chi connectivity index (χ1v) is 7.01. The summed E-state index contributed by atoms with van der Waals surface area (Å²) in [6.45, 7) is 7.80. The van der Waals surface area contributed by atoms with Crippen molar-refractivity contribution < 1.29 is 0 Å². The predicted molar refractivity (Wildman–Crippen MR) is 75.3 cm³/mol. The van der Waals surface area contributed by atoms with Crippen molar-refractivity contribution in [3.63, 3.8) is 0 Å². The second-order valence-electron chi connectivity index (χ2n) is 5.64. The normalized spacial score (nSPS) is 25.3. The zero-order chi connectivity index (χ0) is 13.0. The minimum Gasteiger partial charge on any atom is -0.316 e. The molecule has 0 radical (unpaired) electrons. The van der Waals surface area contributed by atoms with Gasteiger partial charge in [0.2, 0.25) is 0 Å². The highest BCUT2D eigenvalue weighted by Gasteiger charge is 2.22. The number of aromatic nitrogens is 1. The summed E-state index contributed by atoms with van der Waals surface area (Å²) in [7, 11) is 1.96. The van der Waals surface area contributed by atoms with Crippen molar-refractivity contribution in [2.75, 3.05) is 13.6 Å². The highest BCUT2D eigenvalue weighted by atomic mass is 15.2. The Morgan fingerprint density at radius 3 is 2.83 bits per heavy atom. The summed E-state index contributed by atoms with van der Waals surface area (Å²) in [5.74, 6) is 0.877. The van der Waals surface area contributed by atoms with Crippen LogP contribution >= 0.6 is 0 Å². The van der Waals surface area contributed by atoms with E-state index in [1.807, 2.05) is 13.2 Å². The van der Waals surface area contributed by atoms with Crippen LogP contribution in [-0.2, 0) is 13.1 Å². The SMILES string of the molecule is CNCc1ccc(CN2CCC(C)CC2C)nc1. The number of likely N-dealkylation sites (tertiary alicyclic amines) is 1. The van der Waals surface area contributed by atoms with Crippen LogP contribution in [0.5, 0.6) is 0 Å². The van der Waals surface area contributed by atoms with Crippen molar-refractivity contribution in [1.29, 1.82) is 0 Å². The van der Waals surface area contributed by atoms with Gasteiger partial charge in [-0.05, 0) is 50.9 Å². The summed E-state index contributed by atoms with van der Waals surface area (Å²) in [4.78, 5) is 7.12. The molecule has 0 spiro atoms. The van der Waals surface area contributed by atoms with Crippen molar-refractivity contribution in [2.45, 2.75) is 45.8 Å². The molecule has 2 unspecified atom stereocenters. The Bertz CT molecular complexity index is 361. The second-order valence-corrected chi connectivity index (χ2v) is 5.64. The van der Waals surface area contributed by atoms with E-state index in [4.69, 9.17) is 0 Å². The molecular weight excluding hydrogens is 222 g/mol. The highest BCUT2D eigenvalue weighted by molar-refractivity contribution is 5.14. The van der Waals surface area contributed by atoms with Crippen LogP contribution < -0.4 is 5.32 Å². The number of hydrogen-bond donors (Lipinski definition) is 1. The van der Waals surface area contributed by atoms with E-state index in [0.717, 1.165) is 19.0 Å². The fourth-order valence-corrected chi connectivity index (χ4v) is 2.76. The van der Waals surface area contributed by atoms with Crippen LogP contribution in [0.3, 0.4) is 0 Å². The molecule has 2 atom stereocenters. The summed E-state index contributed by atoms with van der Waals surface area (Å²) in [5.41, 5.74) is 2.44. The molecule has 0 bridgehead atoms. The molecule has 3 heteroatoms. The van der Waals surface area contributed by atoms with Gasteiger partial charge in [0.15, 0.2) is 0 Å². The molecule has 18 heavy (non-hydrogen) atoms. The van der Waals surface area contributed by atoms with Gasteiger partial charge in [-0.25, -0.2) is 0 Å². The maximum atomic E-state index is 4.56.